The number of aromatic amines is 1. The molecule has 0 saturated heterocycles. The van der Waals surface area contributed by atoms with Crippen molar-refractivity contribution in [3.05, 3.63) is 53.2 Å². The number of ether oxygens (including phenoxy) is 2. The van der Waals surface area contributed by atoms with Crippen LogP contribution in [0.15, 0.2) is 41.5 Å². The number of hydrogen-bond acceptors (Lipinski definition) is 4. The largest absolute Gasteiger partial charge is 0.497 e. The molecule has 2 heterocycles. The molecule has 3 rings (SSSR count). The summed E-state index contributed by atoms with van der Waals surface area (Å²) in [5, 5.41) is 1.30. The summed E-state index contributed by atoms with van der Waals surface area (Å²) < 4.78 is 10.5. The summed E-state index contributed by atoms with van der Waals surface area (Å²) in [4.78, 5) is 18.6. The molecule has 0 aliphatic heterocycles. The Balaban J connectivity index is 0.00000176. The summed E-state index contributed by atoms with van der Waals surface area (Å²) in [6, 6.07) is 7.19. The van der Waals surface area contributed by atoms with Crippen molar-refractivity contribution in [1.29, 1.82) is 0 Å². The number of fused-ring (bicyclic) bond motifs is 1. The number of nitrogens with zero attached hydrogens (tertiary/aromatic N) is 1. The van der Waals surface area contributed by atoms with Gasteiger partial charge in [0.15, 0.2) is 5.56 Å². The molecule has 0 saturated carbocycles. The van der Waals surface area contributed by atoms with Gasteiger partial charge >= 0.3 is 0 Å². The van der Waals surface area contributed by atoms with E-state index in [0.29, 0.717) is 16.9 Å². The molecule has 1 N–H and O–H groups in total. The molecule has 113 valence electrons. The summed E-state index contributed by atoms with van der Waals surface area (Å²) in [7, 11) is 3.18. The summed E-state index contributed by atoms with van der Waals surface area (Å²) in [6.45, 7) is 0. The predicted octanol–water partition coefficient (Wildman–Crippen LogP) is 2.40. The van der Waals surface area contributed by atoms with Crippen LogP contribution in [0.25, 0.3) is 21.9 Å². The van der Waals surface area contributed by atoms with E-state index in [1.807, 2.05) is 12.1 Å². The Morgan fingerprint density at radius 3 is 2.41 bits per heavy atom. The van der Waals surface area contributed by atoms with Gasteiger partial charge in [0.1, 0.15) is 11.5 Å². The van der Waals surface area contributed by atoms with Gasteiger partial charge in [0, 0.05) is 32.7 Å². The minimum atomic E-state index is -0.189. The van der Waals surface area contributed by atoms with Crippen molar-refractivity contribution in [3.63, 3.8) is 0 Å². The smallest absolute Gasteiger partial charge is 0.170 e. The first-order chi connectivity index (χ1) is 10.2. The van der Waals surface area contributed by atoms with Crippen LogP contribution in [-0.2, 0) is 20.4 Å². The Morgan fingerprint density at radius 2 is 1.77 bits per heavy atom. The first-order valence-electron chi connectivity index (χ1n) is 6.34. The van der Waals surface area contributed by atoms with E-state index in [1.165, 1.54) is 0 Å². The van der Waals surface area contributed by atoms with Crippen LogP contribution >= 0.6 is 0 Å². The zero-order chi connectivity index (χ0) is 14.8. The standard InChI is InChI=1S/C16H13N2O3.Re/c1-20-11-5-10(6-12(7-11)21-2)14-9-18-16(19)13-3-4-17-8-15(13)14;/h3-8H,1-2H3,(H,18,19);/q-1;. The molecule has 0 aliphatic carbocycles. The first kappa shape index (κ1) is 16.2. The van der Waals surface area contributed by atoms with E-state index < -0.39 is 0 Å². The van der Waals surface area contributed by atoms with Gasteiger partial charge in [-0.05, 0) is 17.6 Å². The minimum absolute atomic E-state index is 0. The monoisotopic (exact) mass is 468 g/mol. The van der Waals surface area contributed by atoms with Crippen LogP contribution in [0.3, 0.4) is 0 Å². The van der Waals surface area contributed by atoms with Gasteiger partial charge in [0.25, 0.3) is 0 Å². The number of H-pyrrole nitrogens is 1. The quantitative estimate of drug-likeness (QED) is 0.601. The summed E-state index contributed by atoms with van der Waals surface area (Å²) in [6.07, 6.45) is 6.16. The van der Waals surface area contributed by atoms with E-state index in [9.17, 15) is 4.79 Å². The molecule has 0 spiro atoms. The number of hydrogen-bond donors (Lipinski definition) is 1. The predicted molar refractivity (Wildman–Crippen MR) is 79.7 cm³/mol. The number of nitrogens with one attached hydrogen (secondary N) is 1. The molecular formula is C16H13N2O3Re-. The van der Waals surface area contributed by atoms with Crippen LogP contribution in [0.2, 0.25) is 0 Å². The Hall–Kier alpha value is -2.16. The third-order valence-corrected chi connectivity index (χ3v) is 3.28. The molecule has 1 aromatic carbocycles. The van der Waals surface area contributed by atoms with Crippen molar-refractivity contribution in [1.82, 2.24) is 9.97 Å². The fourth-order valence-corrected chi connectivity index (χ4v) is 2.23. The SMILES string of the molecule is COc1cc(OC)cc(-c2[c-][nH]c(=O)c3ccncc23)c1.[Re]. The zero-order valence-corrected chi connectivity index (χ0v) is 14.7. The number of pyridine rings is 2. The van der Waals surface area contributed by atoms with Crippen molar-refractivity contribution >= 4 is 10.8 Å². The molecule has 2 aromatic heterocycles. The number of rotatable bonds is 3. The molecular weight excluding hydrogens is 454 g/mol. The average molecular weight is 467 g/mol. The van der Waals surface area contributed by atoms with Gasteiger partial charge < -0.3 is 19.3 Å². The molecule has 0 bridgehead atoms. The molecule has 0 atom stereocenters. The van der Waals surface area contributed by atoms with Crippen LogP contribution in [0.4, 0.5) is 0 Å². The van der Waals surface area contributed by atoms with E-state index in [1.54, 1.807) is 38.7 Å². The molecule has 0 aliphatic rings. The van der Waals surface area contributed by atoms with Crippen molar-refractivity contribution in [3.8, 4) is 22.6 Å². The Kier molecular flexibility index (Phi) is 4.97. The van der Waals surface area contributed by atoms with Crippen LogP contribution in [0.5, 0.6) is 11.5 Å². The molecule has 1 radical (unpaired) electrons. The molecule has 6 heteroatoms. The number of methoxy groups -OCH3 is 2. The molecule has 0 unspecified atom stereocenters. The third-order valence-electron chi connectivity index (χ3n) is 3.28. The van der Waals surface area contributed by atoms with Gasteiger partial charge in [-0.25, -0.2) is 0 Å². The van der Waals surface area contributed by atoms with Gasteiger partial charge in [-0.15, -0.1) is 5.56 Å². The van der Waals surface area contributed by atoms with Crippen LogP contribution in [0, 0.1) is 6.20 Å². The normalized spacial score (nSPS) is 10.1. The molecule has 5 nitrogen and oxygen atoms in total. The van der Waals surface area contributed by atoms with Crippen LogP contribution in [-0.4, -0.2) is 24.2 Å². The summed E-state index contributed by atoms with van der Waals surface area (Å²) in [5.41, 5.74) is 1.39. The van der Waals surface area contributed by atoms with Crippen molar-refractivity contribution in [2.45, 2.75) is 0 Å². The van der Waals surface area contributed by atoms with Crippen molar-refractivity contribution in [2.75, 3.05) is 14.2 Å². The minimum Gasteiger partial charge on any atom is -0.497 e. The Bertz CT molecular complexity index is 839. The van der Waals surface area contributed by atoms with E-state index in [0.717, 1.165) is 16.5 Å². The summed E-state index contributed by atoms with van der Waals surface area (Å²) in [5.74, 6) is 1.34. The van der Waals surface area contributed by atoms with Crippen LogP contribution < -0.4 is 15.0 Å². The Morgan fingerprint density at radius 1 is 1.09 bits per heavy atom. The van der Waals surface area contributed by atoms with Gasteiger partial charge in [0.05, 0.1) is 14.2 Å². The second kappa shape index (κ2) is 6.74. The number of benzene rings is 1. The maximum atomic E-state index is 11.8. The van der Waals surface area contributed by atoms with Crippen molar-refractivity contribution in [2.24, 2.45) is 0 Å². The van der Waals surface area contributed by atoms with E-state index >= 15 is 0 Å². The molecule has 0 amide bonds. The zero-order valence-electron chi connectivity index (χ0n) is 12.0. The second-order valence-electron chi connectivity index (χ2n) is 4.48. The molecule has 22 heavy (non-hydrogen) atoms. The maximum Gasteiger partial charge on any atom is 0.170 e. The van der Waals surface area contributed by atoms with E-state index in [-0.39, 0.29) is 26.0 Å². The first-order valence-corrected chi connectivity index (χ1v) is 6.34. The van der Waals surface area contributed by atoms with Crippen LogP contribution in [0.1, 0.15) is 0 Å². The topological polar surface area (TPSA) is 64.2 Å². The van der Waals surface area contributed by atoms with E-state index in [4.69, 9.17) is 9.47 Å². The molecule has 3 aromatic rings. The van der Waals surface area contributed by atoms with E-state index in [2.05, 4.69) is 16.2 Å². The third kappa shape index (κ3) is 2.89. The maximum absolute atomic E-state index is 11.8. The average Bonchev–Trinajstić information content (AvgIpc) is 2.55. The van der Waals surface area contributed by atoms with Gasteiger partial charge in [0.2, 0.25) is 0 Å². The Labute approximate surface area is 141 Å². The van der Waals surface area contributed by atoms with Gasteiger partial charge in [-0.1, -0.05) is 29.3 Å². The van der Waals surface area contributed by atoms with Gasteiger partial charge in [-0.3, -0.25) is 4.98 Å². The fourth-order valence-electron chi connectivity index (χ4n) is 2.23. The fraction of sp³-hybridized carbons (Fsp3) is 0.125. The summed E-state index contributed by atoms with van der Waals surface area (Å²) >= 11 is 0. The van der Waals surface area contributed by atoms with Crippen molar-refractivity contribution < 1.29 is 29.9 Å². The molecule has 0 fully saturated rings. The van der Waals surface area contributed by atoms with Gasteiger partial charge in [-0.2, -0.15) is 0 Å². The second-order valence-corrected chi connectivity index (χ2v) is 4.48. The number of aromatic nitrogens is 2.